The van der Waals surface area contributed by atoms with E-state index in [4.69, 9.17) is 5.73 Å². The van der Waals surface area contributed by atoms with Crippen LogP contribution in [-0.2, 0) is 6.54 Å². The monoisotopic (exact) mass is 362 g/mol. The Morgan fingerprint density at radius 3 is 3.00 bits per heavy atom. The molecular formula is C10H11IN4OS. The first-order valence-electron chi connectivity index (χ1n) is 5.00. The van der Waals surface area contributed by atoms with E-state index in [1.54, 1.807) is 4.57 Å². The van der Waals surface area contributed by atoms with Gasteiger partial charge >= 0.3 is 5.69 Å². The molecule has 0 aliphatic rings. The maximum Gasteiger partial charge on any atom is 0.343 e. The Hall–Kier alpha value is -0.960. The summed E-state index contributed by atoms with van der Waals surface area (Å²) in [5, 5.41) is 7.04. The number of rotatable bonds is 3. The minimum Gasteiger partial charge on any atom is -0.398 e. The van der Waals surface area contributed by atoms with Crippen LogP contribution in [-0.4, -0.2) is 14.8 Å². The number of benzene rings is 1. The number of aromatic nitrogens is 3. The summed E-state index contributed by atoms with van der Waals surface area (Å²) >= 11 is 3.59. The summed E-state index contributed by atoms with van der Waals surface area (Å²) in [5.74, 6) is 0. The number of hydrogen-bond donors (Lipinski definition) is 2. The van der Waals surface area contributed by atoms with E-state index in [9.17, 15) is 4.79 Å². The van der Waals surface area contributed by atoms with Crippen molar-refractivity contribution in [2.75, 3.05) is 5.73 Å². The van der Waals surface area contributed by atoms with E-state index in [0.29, 0.717) is 17.4 Å². The summed E-state index contributed by atoms with van der Waals surface area (Å²) in [7, 11) is 0. The van der Waals surface area contributed by atoms with Gasteiger partial charge in [-0.05, 0) is 59.5 Å². The molecule has 1 heterocycles. The Morgan fingerprint density at radius 1 is 1.59 bits per heavy atom. The van der Waals surface area contributed by atoms with Gasteiger partial charge in [-0.25, -0.2) is 9.89 Å². The topological polar surface area (TPSA) is 76.7 Å². The van der Waals surface area contributed by atoms with Gasteiger partial charge in [-0.1, -0.05) is 0 Å². The second kappa shape index (κ2) is 5.13. The highest BCUT2D eigenvalue weighted by Gasteiger charge is 2.10. The van der Waals surface area contributed by atoms with E-state index in [1.807, 2.05) is 25.1 Å². The summed E-state index contributed by atoms with van der Waals surface area (Å²) < 4.78 is 2.65. The first-order chi connectivity index (χ1) is 8.11. The van der Waals surface area contributed by atoms with Crippen molar-refractivity contribution in [3.8, 4) is 0 Å². The molecule has 2 aromatic rings. The third-order valence-corrected chi connectivity index (χ3v) is 3.97. The molecule has 0 spiro atoms. The number of nitrogens with one attached hydrogen (secondary N) is 1. The van der Waals surface area contributed by atoms with E-state index in [-0.39, 0.29) is 5.69 Å². The normalized spacial score (nSPS) is 10.7. The maximum absolute atomic E-state index is 11.4. The van der Waals surface area contributed by atoms with Crippen molar-refractivity contribution in [2.24, 2.45) is 0 Å². The second-order valence-electron chi connectivity index (χ2n) is 3.34. The molecule has 1 aromatic carbocycles. The zero-order chi connectivity index (χ0) is 12.4. The summed E-state index contributed by atoms with van der Waals surface area (Å²) in [4.78, 5) is 12.3. The molecule has 90 valence electrons. The van der Waals surface area contributed by atoms with Gasteiger partial charge in [0, 0.05) is 20.7 Å². The molecule has 0 atom stereocenters. The Bertz CT molecular complexity index is 592. The van der Waals surface area contributed by atoms with Gasteiger partial charge in [0.15, 0.2) is 5.16 Å². The standard InChI is InChI=1S/C10H11IN4OS/c1-2-15-9(16)13-14-10(15)17-8-4-3-6(11)5-7(8)12/h3-5H,2,12H2,1H3,(H,13,16). The fourth-order valence-corrected chi connectivity index (χ4v) is 2.81. The van der Waals surface area contributed by atoms with Gasteiger partial charge in [-0.3, -0.25) is 4.57 Å². The van der Waals surface area contributed by atoms with Crippen LogP contribution in [0, 0.1) is 3.57 Å². The van der Waals surface area contributed by atoms with Crippen LogP contribution in [0.5, 0.6) is 0 Å². The van der Waals surface area contributed by atoms with E-state index < -0.39 is 0 Å². The molecule has 0 aliphatic heterocycles. The number of halogens is 1. The minimum atomic E-state index is -0.195. The predicted octanol–water partition coefficient (Wildman–Crippen LogP) is 1.93. The molecular weight excluding hydrogens is 351 g/mol. The zero-order valence-corrected chi connectivity index (χ0v) is 12.1. The van der Waals surface area contributed by atoms with Crippen LogP contribution in [0.4, 0.5) is 5.69 Å². The number of anilines is 1. The molecule has 7 heteroatoms. The van der Waals surface area contributed by atoms with Crippen LogP contribution in [0.1, 0.15) is 6.92 Å². The van der Waals surface area contributed by atoms with Crippen molar-refractivity contribution in [1.29, 1.82) is 0 Å². The molecule has 1 aromatic heterocycles. The van der Waals surface area contributed by atoms with Crippen LogP contribution >= 0.6 is 34.4 Å². The largest absolute Gasteiger partial charge is 0.398 e. The first kappa shape index (κ1) is 12.5. The molecule has 2 rings (SSSR count). The van der Waals surface area contributed by atoms with Crippen LogP contribution in [0.2, 0.25) is 0 Å². The minimum absolute atomic E-state index is 0.195. The Labute approximate surface area is 116 Å². The molecule has 5 nitrogen and oxygen atoms in total. The van der Waals surface area contributed by atoms with Gasteiger partial charge in [0.2, 0.25) is 0 Å². The molecule has 0 unspecified atom stereocenters. The Kier molecular flexibility index (Phi) is 3.77. The lowest BCUT2D eigenvalue weighted by molar-refractivity contribution is 0.660. The number of nitrogens with zero attached hydrogens (tertiary/aromatic N) is 2. The quantitative estimate of drug-likeness (QED) is 0.646. The molecule has 0 bridgehead atoms. The van der Waals surface area contributed by atoms with E-state index >= 15 is 0 Å². The molecule has 0 fully saturated rings. The van der Waals surface area contributed by atoms with Crippen LogP contribution in [0.3, 0.4) is 0 Å². The average molecular weight is 362 g/mol. The third kappa shape index (κ3) is 2.65. The van der Waals surface area contributed by atoms with Crippen molar-refractivity contribution >= 4 is 40.0 Å². The average Bonchev–Trinajstić information content (AvgIpc) is 2.63. The van der Waals surface area contributed by atoms with Gasteiger partial charge in [0.05, 0.1) is 0 Å². The lowest BCUT2D eigenvalue weighted by Crippen LogP contribution is -2.16. The predicted molar refractivity (Wildman–Crippen MR) is 76.2 cm³/mol. The molecule has 17 heavy (non-hydrogen) atoms. The fourth-order valence-electron chi connectivity index (χ4n) is 1.37. The molecule has 0 radical (unpaired) electrons. The van der Waals surface area contributed by atoms with Crippen LogP contribution < -0.4 is 11.4 Å². The number of aromatic amines is 1. The van der Waals surface area contributed by atoms with Crippen LogP contribution in [0.15, 0.2) is 33.0 Å². The third-order valence-electron chi connectivity index (χ3n) is 2.21. The number of hydrogen-bond acceptors (Lipinski definition) is 4. The lowest BCUT2D eigenvalue weighted by Gasteiger charge is -2.05. The fraction of sp³-hybridized carbons (Fsp3) is 0.200. The second-order valence-corrected chi connectivity index (χ2v) is 5.59. The van der Waals surface area contributed by atoms with Crippen molar-refractivity contribution < 1.29 is 0 Å². The lowest BCUT2D eigenvalue weighted by atomic mass is 10.3. The molecule has 3 N–H and O–H groups in total. The SMILES string of the molecule is CCn1c(Sc2ccc(I)cc2N)n[nH]c1=O. The van der Waals surface area contributed by atoms with Gasteiger partial charge in [-0.2, -0.15) is 0 Å². The van der Waals surface area contributed by atoms with E-state index in [0.717, 1.165) is 8.47 Å². The molecule has 0 saturated heterocycles. The van der Waals surface area contributed by atoms with Gasteiger partial charge in [-0.15, -0.1) is 5.10 Å². The van der Waals surface area contributed by atoms with Gasteiger partial charge < -0.3 is 5.73 Å². The van der Waals surface area contributed by atoms with Crippen molar-refractivity contribution in [3.63, 3.8) is 0 Å². The summed E-state index contributed by atoms with van der Waals surface area (Å²) in [6.45, 7) is 2.49. The van der Waals surface area contributed by atoms with Crippen molar-refractivity contribution in [2.45, 2.75) is 23.5 Å². The van der Waals surface area contributed by atoms with Crippen molar-refractivity contribution in [3.05, 3.63) is 32.3 Å². The first-order valence-corrected chi connectivity index (χ1v) is 6.89. The maximum atomic E-state index is 11.4. The number of nitrogens with two attached hydrogens (primary N) is 1. The zero-order valence-electron chi connectivity index (χ0n) is 9.11. The van der Waals surface area contributed by atoms with E-state index in [1.165, 1.54) is 11.8 Å². The highest BCUT2D eigenvalue weighted by Crippen LogP contribution is 2.30. The van der Waals surface area contributed by atoms with Crippen molar-refractivity contribution in [1.82, 2.24) is 14.8 Å². The Morgan fingerprint density at radius 2 is 2.35 bits per heavy atom. The van der Waals surface area contributed by atoms with E-state index in [2.05, 4.69) is 32.8 Å². The highest BCUT2D eigenvalue weighted by molar-refractivity contribution is 14.1. The summed E-state index contributed by atoms with van der Waals surface area (Å²) in [6, 6.07) is 5.80. The highest BCUT2D eigenvalue weighted by atomic mass is 127. The van der Waals surface area contributed by atoms with Gasteiger partial charge in [0.1, 0.15) is 0 Å². The number of H-pyrrole nitrogens is 1. The van der Waals surface area contributed by atoms with Crippen LogP contribution in [0.25, 0.3) is 0 Å². The smallest absolute Gasteiger partial charge is 0.343 e. The summed E-state index contributed by atoms with van der Waals surface area (Å²) in [6.07, 6.45) is 0. The number of nitrogen functional groups attached to an aromatic ring is 1. The summed E-state index contributed by atoms with van der Waals surface area (Å²) in [5.41, 5.74) is 6.42. The Balaban J connectivity index is 2.34. The molecule has 0 amide bonds. The van der Waals surface area contributed by atoms with Gasteiger partial charge in [0.25, 0.3) is 0 Å². The molecule has 0 aliphatic carbocycles. The molecule has 0 saturated carbocycles.